The number of fused-ring (bicyclic) bond motifs is 2. The number of rotatable bonds is 3. The SMILES string of the molecule is Cc1ccc2c(c1)[C@]1(C(=O)N2[C@H]2N(c3ccc(Cl)cc3)C(=O)C2(C)C)N(c2ccc(Cl)cc2)C(=O)C1(C)C. The van der Waals surface area contributed by atoms with Crippen LogP contribution in [0.4, 0.5) is 17.1 Å². The van der Waals surface area contributed by atoms with Gasteiger partial charge in [0.2, 0.25) is 11.8 Å². The highest BCUT2D eigenvalue weighted by molar-refractivity contribution is 6.31. The van der Waals surface area contributed by atoms with Gasteiger partial charge < -0.3 is 0 Å². The highest BCUT2D eigenvalue weighted by atomic mass is 35.5. The van der Waals surface area contributed by atoms with Crippen LogP contribution in [-0.2, 0) is 19.9 Å². The van der Waals surface area contributed by atoms with Gasteiger partial charge in [-0.05, 0) is 89.2 Å². The van der Waals surface area contributed by atoms with E-state index in [4.69, 9.17) is 23.2 Å². The topological polar surface area (TPSA) is 60.9 Å². The van der Waals surface area contributed by atoms with Crippen molar-refractivity contribution in [3.05, 3.63) is 87.9 Å². The number of nitrogens with zero attached hydrogens (tertiary/aromatic N) is 3. The molecule has 0 aromatic heterocycles. The van der Waals surface area contributed by atoms with Crippen LogP contribution in [0, 0.1) is 17.8 Å². The number of benzene rings is 3. The molecule has 6 rings (SSSR count). The molecule has 0 unspecified atom stereocenters. The molecule has 0 radical (unpaired) electrons. The molecule has 8 heteroatoms. The van der Waals surface area contributed by atoms with Crippen LogP contribution in [0.5, 0.6) is 0 Å². The third-order valence-electron chi connectivity index (χ3n) is 8.40. The molecule has 194 valence electrons. The molecule has 3 aromatic carbocycles. The molecule has 3 aromatic rings. The number of anilines is 3. The second-order valence-corrected chi connectivity index (χ2v) is 12.3. The van der Waals surface area contributed by atoms with E-state index in [1.165, 1.54) is 0 Å². The number of carbonyl (C=O) groups excluding carboxylic acids is 3. The van der Waals surface area contributed by atoms with Gasteiger partial charge in [-0.3, -0.25) is 29.1 Å². The van der Waals surface area contributed by atoms with Crippen molar-refractivity contribution in [2.75, 3.05) is 14.7 Å². The van der Waals surface area contributed by atoms with Gasteiger partial charge in [0.15, 0.2) is 5.54 Å². The summed E-state index contributed by atoms with van der Waals surface area (Å²) in [6.07, 6.45) is -0.594. The summed E-state index contributed by atoms with van der Waals surface area (Å²) in [7, 11) is 0. The summed E-state index contributed by atoms with van der Waals surface area (Å²) in [5.74, 6) is -0.478. The quantitative estimate of drug-likeness (QED) is 0.360. The highest BCUT2D eigenvalue weighted by Crippen LogP contribution is 2.64. The van der Waals surface area contributed by atoms with Gasteiger partial charge in [-0.1, -0.05) is 40.9 Å². The number of β-lactam (4-membered cyclic amide) rings is 2. The van der Waals surface area contributed by atoms with E-state index in [1.807, 2.05) is 52.8 Å². The van der Waals surface area contributed by atoms with Crippen LogP contribution < -0.4 is 14.7 Å². The molecule has 3 aliphatic heterocycles. The number of amides is 3. The first-order chi connectivity index (χ1) is 17.8. The fraction of sp³-hybridized carbons (Fsp3) is 0.300. The maximum atomic E-state index is 14.9. The van der Waals surface area contributed by atoms with Crippen molar-refractivity contribution in [1.82, 2.24) is 0 Å². The lowest BCUT2D eigenvalue weighted by Gasteiger charge is -2.61. The first-order valence-electron chi connectivity index (χ1n) is 12.5. The van der Waals surface area contributed by atoms with Crippen molar-refractivity contribution >= 4 is 58.0 Å². The van der Waals surface area contributed by atoms with Crippen molar-refractivity contribution in [2.24, 2.45) is 10.8 Å². The molecule has 0 saturated carbocycles. The predicted molar refractivity (Wildman–Crippen MR) is 150 cm³/mol. The van der Waals surface area contributed by atoms with Gasteiger partial charge >= 0.3 is 0 Å². The lowest BCUT2D eigenvalue weighted by atomic mass is 9.59. The van der Waals surface area contributed by atoms with Crippen LogP contribution in [0.3, 0.4) is 0 Å². The third-order valence-corrected chi connectivity index (χ3v) is 8.91. The minimum Gasteiger partial charge on any atom is -0.291 e. The van der Waals surface area contributed by atoms with Crippen LogP contribution in [0.1, 0.15) is 38.8 Å². The van der Waals surface area contributed by atoms with E-state index in [-0.39, 0.29) is 17.7 Å². The summed E-state index contributed by atoms with van der Waals surface area (Å²) >= 11 is 12.3. The monoisotopic (exact) mass is 547 g/mol. The van der Waals surface area contributed by atoms with Crippen LogP contribution in [0.25, 0.3) is 0 Å². The Hall–Kier alpha value is -3.35. The number of aryl methyl sites for hydroxylation is 1. The number of carbonyl (C=O) groups is 3. The Bertz CT molecular complexity index is 1530. The van der Waals surface area contributed by atoms with E-state index < -0.39 is 22.5 Å². The molecule has 3 aliphatic rings. The minimum atomic E-state index is -1.28. The van der Waals surface area contributed by atoms with Crippen molar-refractivity contribution in [2.45, 2.75) is 46.3 Å². The van der Waals surface area contributed by atoms with E-state index in [9.17, 15) is 14.4 Å². The highest BCUT2D eigenvalue weighted by Gasteiger charge is 2.77. The largest absolute Gasteiger partial charge is 0.291 e. The number of hydrogen-bond donors (Lipinski definition) is 0. The van der Waals surface area contributed by atoms with Crippen molar-refractivity contribution in [3.63, 3.8) is 0 Å². The van der Waals surface area contributed by atoms with Gasteiger partial charge in [0.05, 0.1) is 16.5 Å². The van der Waals surface area contributed by atoms with E-state index >= 15 is 0 Å². The van der Waals surface area contributed by atoms with Crippen LogP contribution >= 0.6 is 23.2 Å². The molecule has 3 heterocycles. The first-order valence-corrected chi connectivity index (χ1v) is 13.2. The van der Waals surface area contributed by atoms with Crippen LogP contribution in [-0.4, -0.2) is 23.9 Å². The Morgan fingerprint density at radius 1 is 0.684 bits per heavy atom. The normalized spacial score (nSPS) is 25.0. The summed E-state index contributed by atoms with van der Waals surface area (Å²) in [6, 6.07) is 19.9. The fourth-order valence-corrected chi connectivity index (χ4v) is 6.66. The Kier molecular flexibility index (Phi) is 5.15. The number of halogens is 2. The average molecular weight is 548 g/mol. The molecule has 2 saturated heterocycles. The van der Waals surface area contributed by atoms with Crippen LogP contribution in [0.2, 0.25) is 10.0 Å². The zero-order chi connectivity index (χ0) is 27.4. The van der Waals surface area contributed by atoms with Gasteiger partial charge in [-0.15, -0.1) is 0 Å². The first kappa shape index (κ1) is 25.0. The summed E-state index contributed by atoms with van der Waals surface area (Å²) in [5.41, 5.74) is 0.528. The Labute approximate surface area is 231 Å². The number of hydrogen-bond acceptors (Lipinski definition) is 3. The molecular formula is C30H27Cl2N3O3. The Balaban J connectivity index is 1.56. The molecule has 0 aliphatic carbocycles. The van der Waals surface area contributed by atoms with Crippen LogP contribution in [0.15, 0.2) is 66.7 Å². The summed E-state index contributed by atoms with van der Waals surface area (Å²) in [6.45, 7) is 9.32. The smallest absolute Gasteiger partial charge is 0.260 e. The molecule has 2 atom stereocenters. The van der Waals surface area contributed by atoms with Gasteiger partial charge in [0, 0.05) is 27.0 Å². The molecule has 1 spiro atoms. The van der Waals surface area contributed by atoms with Crippen molar-refractivity contribution < 1.29 is 14.4 Å². The van der Waals surface area contributed by atoms with E-state index in [2.05, 4.69) is 0 Å². The van der Waals surface area contributed by atoms with Crippen molar-refractivity contribution in [1.29, 1.82) is 0 Å². The minimum absolute atomic E-state index is 0.0919. The van der Waals surface area contributed by atoms with Gasteiger partial charge in [-0.25, -0.2) is 0 Å². The standard InChI is InChI=1S/C30H27Cl2N3O3/c1-17-6-15-23-22(16-17)30(29(4,5)26(37)35(30)21-13-9-19(32)10-14-21)27(38)34(23)24-28(2,3)25(36)33(24)20-11-7-18(31)8-12-20/h6-16,24H,1-5H3/t24-,30-/m1/s1. The molecule has 3 amide bonds. The third kappa shape index (κ3) is 2.88. The fourth-order valence-electron chi connectivity index (χ4n) is 6.41. The second-order valence-electron chi connectivity index (χ2n) is 11.4. The molecule has 2 fully saturated rings. The van der Waals surface area contributed by atoms with E-state index in [0.29, 0.717) is 27.1 Å². The lowest BCUT2D eigenvalue weighted by molar-refractivity contribution is -0.154. The van der Waals surface area contributed by atoms with Gasteiger partial charge in [0.1, 0.15) is 6.17 Å². The average Bonchev–Trinajstić information content (AvgIpc) is 3.13. The zero-order valence-electron chi connectivity index (χ0n) is 21.8. The van der Waals surface area contributed by atoms with E-state index in [0.717, 1.165) is 11.1 Å². The summed E-state index contributed by atoms with van der Waals surface area (Å²) < 4.78 is 0. The molecule has 38 heavy (non-hydrogen) atoms. The zero-order valence-corrected chi connectivity index (χ0v) is 23.3. The second kappa shape index (κ2) is 7.84. The summed E-state index contributed by atoms with van der Waals surface area (Å²) in [4.78, 5) is 47.0. The Morgan fingerprint density at radius 2 is 1.24 bits per heavy atom. The molecular weight excluding hydrogens is 521 g/mol. The molecule has 0 N–H and O–H groups in total. The lowest BCUT2D eigenvalue weighted by Crippen LogP contribution is -2.80. The Morgan fingerprint density at radius 3 is 1.82 bits per heavy atom. The molecule has 0 bridgehead atoms. The van der Waals surface area contributed by atoms with E-state index in [1.54, 1.807) is 63.2 Å². The maximum absolute atomic E-state index is 14.9. The molecule has 6 nitrogen and oxygen atoms in total. The predicted octanol–water partition coefficient (Wildman–Crippen LogP) is 6.32. The van der Waals surface area contributed by atoms with Gasteiger partial charge in [0.25, 0.3) is 5.91 Å². The van der Waals surface area contributed by atoms with Gasteiger partial charge in [-0.2, -0.15) is 0 Å². The van der Waals surface area contributed by atoms with Crippen molar-refractivity contribution in [3.8, 4) is 0 Å². The maximum Gasteiger partial charge on any atom is 0.260 e. The summed E-state index contributed by atoms with van der Waals surface area (Å²) in [5, 5.41) is 1.10.